The molecule has 0 unspecified atom stereocenters. The molecule has 1 aromatic carbocycles. The third-order valence-corrected chi connectivity index (χ3v) is 2.34. The van der Waals surface area contributed by atoms with E-state index in [1.165, 1.54) is 12.1 Å². The highest BCUT2D eigenvalue weighted by Gasteiger charge is 2.30. The predicted molar refractivity (Wildman–Crippen MR) is 58.3 cm³/mol. The van der Waals surface area contributed by atoms with Gasteiger partial charge in [-0.15, -0.1) is 0 Å². The molecule has 0 amide bonds. The molecule has 0 fully saturated rings. The number of nitrogens with two attached hydrogens (primary N) is 1. The van der Waals surface area contributed by atoms with Crippen LogP contribution < -0.4 is 10.5 Å². The number of amidine groups is 1. The van der Waals surface area contributed by atoms with Crippen molar-refractivity contribution in [2.45, 2.75) is 12.2 Å². The minimum atomic E-state index is -4.38. The summed E-state index contributed by atoms with van der Waals surface area (Å²) >= 11 is 0. The van der Waals surface area contributed by atoms with Gasteiger partial charge in [0.05, 0.1) is 5.56 Å². The molecule has 18 heavy (non-hydrogen) atoms. The van der Waals surface area contributed by atoms with Crippen LogP contribution in [0, 0.1) is 0 Å². The monoisotopic (exact) mass is 260 g/mol. The molecule has 1 aliphatic heterocycles. The minimum absolute atomic E-state index is 0.0765. The van der Waals surface area contributed by atoms with Crippen LogP contribution in [0.15, 0.2) is 29.3 Å². The van der Waals surface area contributed by atoms with Crippen molar-refractivity contribution in [1.82, 2.24) is 0 Å². The molecule has 0 bridgehead atoms. The molecule has 0 saturated carbocycles. The van der Waals surface area contributed by atoms with Gasteiger partial charge in [-0.1, -0.05) is 6.07 Å². The van der Waals surface area contributed by atoms with Crippen LogP contribution in [0.1, 0.15) is 5.56 Å². The maximum atomic E-state index is 12.4. The number of hydrogen-bond acceptors (Lipinski definition) is 4. The second-order valence-electron chi connectivity index (χ2n) is 3.77. The number of aliphatic imine (C=N–C) groups is 1. The largest absolute Gasteiger partial charge is 0.491 e. The lowest BCUT2D eigenvalue weighted by Crippen LogP contribution is -2.17. The maximum Gasteiger partial charge on any atom is 0.416 e. The summed E-state index contributed by atoms with van der Waals surface area (Å²) in [6.45, 7) is 0.410. The number of benzene rings is 1. The Hall–Kier alpha value is -1.92. The molecule has 0 aromatic heterocycles. The zero-order valence-corrected chi connectivity index (χ0v) is 9.28. The summed E-state index contributed by atoms with van der Waals surface area (Å²) in [5, 5.41) is 0. The van der Waals surface area contributed by atoms with Crippen molar-refractivity contribution in [1.29, 1.82) is 0 Å². The van der Waals surface area contributed by atoms with Crippen LogP contribution in [0.5, 0.6) is 5.75 Å². The van der Waals surface area contributed by atoms with Gasteiger partial charge >= 0.3 is 6.18 Å². The molecule has 0 spiro atoms. The fourth-order valence-electron chi connectivity index (χ4n) is 1.48. The summed E-state index contributed by atoms with van der Waals surface area (Å²) in [4.78, 5) is 3.90. The van der Waals surface area contributed by atoms with E-state index >= 15 is 0 Å². The van der Waals surface area contributed by atoms with Gasteiger partial charge in [0.25, 0.3) is 6.02 Å². The first-order valence-corrected chi connectivity index (χ1v) is 5.21. The Labute approximate surface area is 101 Å². The fourth-order valence-corrected chi connectivity index (χ4v) is 1.48. The summed E-state index contributed by atoms with van der Waals surface area (Å²) in [5.41, 5.74) is 4.55. The van der Waals surface area contributed by atoms with Crippen molar-refractivity contribution < 1.29 is 22.6 Å². The van der Waals surface area contributed by atoms with Gasteiger partial charge in [-0.2, -0.15) is 13.2 Å². The number of hydrogen-bond donors (Lipinski definition) is 1. The van der Waals surface area contributed by atoms with Crippen molar-refractivity contribution in [3.05, 3.63) is 29.8 Å². The summed E-state index contributed by atoms with van der Waals surface area (Å²) in [6.07, 6.45) is -4.38. The molecule has 1 aliphatic rings. The van der Waals surface area contributed by atoms with E-state index in [2.05, 4.69) is 4.99 Å². The normalized spacial score (nSPS) is 19.3. The summed E-state index contributed by atoms with van der Waals surface area (Å²) in [7, 11) is 0. The van der Waals surface area contributed by atoms with Crippen molar-refractivity contribution in [2.24, 2.45) is 10.7 Å². The Morgan fingerprint density at radius 3 is 2.83 bits per heavy atom. The summed E-state index contributed by atoms with van der Waals surface area (Å²) in [6, 6.07) is 4.48. The van der Waals surface area contributed by atoms with E-state index in [0.717, 1.165) is 12.1 Å². The topological polar surface area (TPSA) is 56.8 Å². The Morgan fingerprint density at radius 2 is 2.22 bits per heavy atom. The first-order chi connectivity index (χ1) is 8.45. The molecular weight excluding hydrogens is 249 g/mol. The standard InChI is InChI=1S/C11H11F3N2O2/c12-11(13,14)7-2-1-3-9(4-7)17-5-8-6-18-10(15)16-8/h1-4,8H,5-6H2,(H2,15,16)/t8-/m0/s1. The smallest absolute Gasteiger partial charge is 0.416 e. The minimum Gasteiger partial charge on any atom is -0.491 e. The third-order valence-electron chi connectivity index (χ3n) is 2.34. The van der Waals surface area contributed by atoms with E-state index in [0.29, 0.717) is 0 Å². The Morgan fingerprint density at radius 1 is 1.44 bits per heavy atom. The maximum absolute atomic E-state index is 12.4. The molecule has 7 heteroatoms. The number of halogens is 3. The van der Waals surface area contributed by atoms with Crippen molar-refractivity contribution in [3.63, 3.8) is 0 Å². The first-order valence-electron chi connectivity index (χ1n) is 5.21. The number of rotatable bonds is 3. The van der Waals surface area contributed by atoms with Crippen LogP contribution in [0.4, 0.5) is 13.2 Å². The molecular formula is C11H11F3N2O2. The van der Waals surface area contributed by atoms with Crippen LogP contribution in [-0.2, 0) is 10.9 Å². The SMILES string of the molecule is NC1=N[C@@H](COc2cccc(C(F)(F)F)c2)CO1. The van der Waals surface area contributed by atoms with Gasteiger partial charge < -0.3 is 15.2 Å². The summed E-state index contributed by atoms with van der Waals surface area (Å²) < 4.78 is 47.5. The third kappa shape index (κ3) is 3.06. The average molecular weight is 260 g/mol. The van der Waals surface area contributed by atoms with E-state index in [-0.39, 0.29) is 31.0 Å². The highest BCUT2D eigenvalue weighted by molar-refractivity contribution is 5.73. The Bertz CT molecular complexity index is 460. The zero-order chi connectivity index (χ0) is 13.2. The van der Waals surface area contributed by atoms with Crippen LogP contribution in [0.25, 0.3) is 0 Å². The summed E-state index contributed by atoms with van der Waals surface area (Å²) in [5.74, 6) is 0.144. The van der Waals surface area contributed by atoms with Gasteiger partial charge in [0.1, 0.15) is 25.0 Å². The van der Waals surface area contributed by atoms with E-state index in [1.54, 1.807) is 0 Å². The second-order valence-corrected chi connectivity index (χ2v) is 3.77. The quantitative estimate of drug-likeness (QED) is 0.901. The molecule has 2 N–H and O–H groups in total. The van der Waals surface area contributed by atoms with Gasteiger partial charge in [-0.25, -0.2) is 4.99 Å². The molecule has 98 valence electrons. The van der Waals surface area contributed by atoms with E-state index in [1.807, 2.05) is 0 Å². The van der Waals surface area contributed by atoms with Crippen molar-refractivity contribution >= 4 is 6.02 Å². The molecule has 1 heterocycles. The van der Waals surface area contributed by atoms with Crippen LogP contribution in [0.2, 0.25) is 0 Å². The molecule has 0 radical (unpaired) electrons. The number of ether oxygens (including phenoxy) is 2. The van der Waals surface area contributed by atoms with E-state index < -0.39 is 11.7 Å². The van der Waals surface area contributed by atoms with Crippen LogP contribution in [-0.4, -0.2) is 25.3 Å². The number of alkyl halides is 3. The van der Waals surface area contributed by atoms with Crippen LogP contribution >= 0.6 is 0 Å². The van der Waals surface area contributed by atoms with Gasteiger partial charge in [0, 0.05) is 0 Å². The van der Waals surface area contributed by atoms with Crippen molar-refractivity contribution in [2.75, 3.05) is 13.2 Å². The molecule has 0 saturated heterocycles. The Kier molecular flexibility index (Phi) is 3.31. The highest BCUT2D eigenvalue weighted by Crippen LogP contribution is 2.31. The van der Waals surface area contributed by atoms with E-state index in [9.17, 15) is 13.2 Å². The van der Waals surface area contributed by atoms with Gasteiger partial charge in [0.2, 0.25) is 0 Å². The lowest BCUT2D eigenvalue weighted by molar-refractivity contribution is -0.137. The highest BCUT2D eigenvalue weighted by atomic mass is 19.4. The van der Waals surface area contributed by atoms with Crippen LogP contribution in [0.3, 0.4) is 0 Å². The first kappa shape index (κ1) is 12.5. The fraction of sp³-hybridized carbons (Fsp3) is 0.364. The molecule has 2 rings (SSSR count). The predicted octanol–water partition coefficient (Wildman–Crippen LogP) is 1.80. The zero-order valence-electron chi connectivity index (χ0n) is 9.28. The Balaban J connectivity index is 1.98. The van der Waals surface area contributed by atoms with Gasteiger partial charge in [-0.05, 0) is 18.2 Å². The lowest BCUT2D eigenvalue weighted by atomic mass is 10.2. The molecule has 1 aromatic rings. The van der Waals surface area contributed by atoms with Gasteiger partial charge in [-0.3, -0.25) is 0 Å². The van der Waals surface area contributed by atoms with Gasteiger partial charge in [0.15, 0.2) is 0 Å². The molecule has 1 atom stereocenters. The molecule has 0 aliphatic carbocycles. The molecule has 4 nitrogen and oxygen atoms in total. The lowest BCUT2D eigenvalue weighted by Gasteiger charge is -2.11. The average Bonchev–Trinajstić information content (AvgIpc) is 2.72. The van der Waals surface area contributed by atoms with Crippen molar-refractivity contribution in [3.8, 4) is 5.75 Å². The number of nitrogens with zero attached hydrogens (tertiary/aromatic N) is 1. The second kappa shape index (κ2) is 4.75. The van der Waals surface area contributed by atoms with E-state index in [4.69, 9.17) is 15.2 Å².